The molecule has 1 aliphatic heterocycles. The van der Waals surface area contributed by atoms with E-state index in [0.29, 0.717) is 32.0 Å². The Morgan fingerprint density at radius 3 is 3.11 bits per heavy atom. The minimum absolute atomic E-state index is 0.0343. The molecule has 0 aliphatic carbocycles. The molecule has 104 valence electrons. The zero-order valence-corrected chi connectivity index (χ0v) is 10.9. The third-order valence-corrected chi connectivity index (χ3v) is 3.20. The van der Waals surface area contributed by atoms with Crippen LogP contribution < -0.4 is 0 Å². The number of aliphatic carboxylic acids is 1. The summed E-state index contributed by atoms with van der Waals surface area (Å²) in [6, 6.07) is 3.19. The molecule has 19 heavy (non-hydrogen) atoms. The first kappa shape index (κ1) is 13.8. The van der Waals surface area contributed by atoms with E-state index in [9.17, 15) is 9.90 Å². The first-order valence-corrected chi connectivity index (χ1v) is 6.25. The number of aromatic nitrogens is 1. The van der Waals surface area contributed by atoms with Crippen LogP contribution in [0.4, 0.5) is 0 Å². The van der Waals surface area contributed by atoms with E-state index < -0.39 is 5.97 Å². The molecule has 0 bridgehead atoms. The molecule has 1 unspecified atom stereocenters. The maximum absolute atomic E-state index is 10.8. The SMILES string of the molecule is Cc1ccc(O)c(CN2CCOCC2CC(=O)O)n1. The Morgan fingerprint density at radius 2 is 2.37 bits per heavy atom. The van der Waals surface area contributed by atoms with Crippen LogP contribution in [0, 0.1) is 6.92 Å². The monoisotopic (exact) mass is 266 g/mol. The standard InChI is InChI=1S/C13H18N2O4/c1-9-2-3-12(16)11(14-9)7-15-4-5-19-8-10(15)6-13(17)18/h2-3,10,16H,4-8H2,1H3,(H,17,18). The van der Waals surface area contributed by atoms with Crippen molar-refractivity contribution >= 4 is 5.97 Å². The molecule has 0 saturated carbocycles. The zero-order chi connectivity index (χ0) is 13.8. The van der Waals surface area contributed by atoms with Crippen LogP contribution in [-0.4, -0.2) is 51.9 Å². The lowest BCUT2D eigenvalue weighted by molar-refractivity contribution is -0.140. The highest BCUT2D eigenvalue weighted by atomic mass is 16.5. The van der Waals surface area contributed by atoms with Gasteiger partial charge in [0, 0.05) is 24.8 Å². The van der Waals surface area contributed by atoms with Gasteiger partial charge in [-0.05, 0) is 19.1 Å². The van der Waals surface area contributed by atoms with Gasteiger partial charge in [-0.25, -0.2) is 0 Å². The largest absolute Gasteiger partial charge is 0.506 e. The number of pyridine rings is 1. The summed E-state index contributed by atoms with van der Waals surface area (Å²) in [6.07, 6.45) is 0.0343. The Bertz CT molecular complexity index is 464. The van der Waals surface area contributed by atoms with Crippen molar-refractivity contribution < 1.29 is 19.7 Å². The van der Waals surface area contributed by atoms with Crippen molar-refractivity contribution in [1.29, 1.82) is 0 Å². The Hall–Kier alpha value is -1.66. The Morgan fingerprint density at radius 1 is 1.58 bits per heavy atom. The maximum atomic E-state index is 10.8. The van der Waals surface area contributed by atoms with Crippen molar-refractivity contribution in [2.24, 2.45) is 0 Å². The number of hydrogen-bond acceptors (Lipinski definition) is 5. The smallest absolute Gasteiger partial charge is 0.305 e. The molecular formula is C13H18N2O4. The third kappa shape index (κ3) is 3.65. The molecule has 1 aromatic heterocycles. The molecule has 1 fully saturated rings. The molecule has 2 rings (SSSR count). The van der Waals surface area contributed by atoms with E-state index in [1.165, 1.54) is 0 Å². The molecule has 1 atom stereocenters. The van der Waals surface area contributed by atoms with Crippen LogP contribution in [0.3, 0.4) is 0 Å². The molecule has 0 radical (unpaired) electrons. The van der Waals surface area contributed by atoms with Crippen molar-refractivity contribution in [3.8, 4) is 5.75 Å². The second-order valence-corrected chi connectivity index (χ2v) is 4.72. The Balaban J connectivity index is 2.10. The van der Waals surface area contributed by atoms with E-state index in [2.05, 4.69) is 4.98 Å². The van der Waals surface area contributed by atoms with Gasteiger partial charge in [0.25, 0.3) is 0 Å². The molecule has 2 heterocycles. The normalized spacial score (nSPS) is 20.4. The molecule has 2 N–H and O–H groups in total. The number of aryl methyl sites for hydroxylation is 1. The summed E-state index contributed by atoms with van der Waals surface area (Å²) in [5, 5.41) is 18.7. The number of hydrogen-bond donors (Lipinski definition) is 2. The van der Waals surface area contributed by atoms with Crippen LogP contribution in [0.1, 0.15) is 17.8 Å². The molecular weight excluding hydrogens is 248 g/mol. The van der Waals surface area contributed by atoms with E-state index in [1.54, 1.807) is 12.1 Å². The highest BCUT2D eigenvalue weighted by Gasteiger charge is 2.26. The molecule has 1 aliphatic rings. The topological polar surface area (TPSA) is 82.9 Å². The van der Waals surface area contributed by atoms with Crippen molar-refractivity contribution in [2.45, 2.75) is 25.9 Å². The minimum atomic E-state index is -0.845. The lowest BCUT2D eigenvalue weighted by Gasteiger charge is -2.34. The fourth-order valence-corrected chi connectivity index (χ4v) is 2.20. The number of carboxylic acids is 1. The van der Waals surface area contributed by atoms with Crippen LogP contribution in [0.5, 0.6) is 5.75 Å². The van der Waals surface area contributed by atoms with Crippen molar-refractivity contribution in [3.05, 3.63) is 23.5 Å². The van der Waals surface area contributed by atoms with Gasteiger partial charge in [-0.3, -0.25) is 14.7 Å². The van der Waals surface area contributed by atoms with Crippen LogP contribution >= 0.6 is 0 Å². The van der Waals surface area contributed by atoms with Gasteiger partial charge < -0.3 is 14.9 Å². The quantitative estimate of drug-likeness (QED) is 0.837. The van der Waals surface area contributed by atoms with Crippen molar-refractivity contribution in [2.75, 3.05) is 19.8 Å². The van der Waals surface area contributed by atoms with Crippen LogP contribution in [0.25, 0.3) is 0 Å². The first-order chi connectivity index (χ1) is 9.06. The van der Waals surface area contributed by atoms with Crippen molar-refractivity contribution in [3.63, 3.8) is 0 Å². The second-order valence-electron chi connectivity index (χ2n) is 4.72. The van der Waals surface area contributed by atoms with E-state index in [4.69, 9.17) is 9.84 Å². The van der Waals surface area contributed by atoms with E-state index >= 15 is 0 Å². The second kappa shape index (κ2) is 5.99. The number of carboxylic acid groups (broad SMARTS) is 1. The number of aromatic hydroxyl groups is 1. The van der Waals surface area contributed by atoms with Crippen LogP contribution in [0.2, 0.25) is 0 Å². The number of carbonyl (C=O) groups is 1. The third-order valence-electron chi connectivity index (χ3n) is 3.20. The van der Waals surface area contributed by atoms with E-state index in [-0.39, 0.29) is 18.2 Å². The number of rotatable bonds is 4. The summed E-state index contributed by atoms with van der Waals surface area (Å²) in [5.74, 6) is -0.701. The average Bonchev–Trinajstić information content (AvgIpc) is 2.35. The average molecular weight is 266 g/mol. The Kier molecular flexibility index (Phi) is 4.34. The minimum Gasteiger partial charge on any atom is -0.506 e. The lowest BCUT2D eigenvalue weighted by atomic mass is 10.1. The molecule has 0 amide bonds. The predicted octanol–water partition coefficient (Wildman–Crippen LogP) is 0.771. The summed E-state index contributed by atoms with van der Waals surface area (Å²) in [4.78, 5) is 17.1. The summed E-state index contributed by atoms with van der Waals surface area (Å²) in [6.45, 7) is 3.92. The number of ether oxygens (including phenoxy) is 1. The summed E-state index contributed by atoms with van der Waals surface area (Å²) in [7, 11) is 0. The molecule has 0 aromatic carbocycles. The van der Waals surface area contributed by atoms with Crippen LogP contribution in [-0.2, 0) is 16.1 Å². The van der Waals surface area contributed by atoms with E-state index in [0.717, 1.165) is 5.69 Å². The number of morpholine rings is 1. The summed E-state index contributed by atoms with van der Waals surface area (Å²) >= 11 is 0. The van der Waals surface area contributed by atoms with Gasteiger partial charge in [0.05, 0.1) is 25.3 Å². The van der Waals surface area contributed by atoms with Crippen molar-refractivity contribution in [1.82, 2.24) is 9.88 Å². The zero-order valence-electron chi connectivity index (χ0n) is 10.9. The van der Waals surface area contributed by atoms with Gasteiger partial charge >= 0.3 is 5.97 Å². The maximum Gasteiger partial charge on any atom is 0.305 e. The van der Waals surface area contributed by atoms with Gasteiger partial charge in [0.1, 0.15) is 5.75 Å². The van der Waals surface area contributed by atoms with Crippen LogP contribution in [0.15, 0.2) is 12.1 Å². The molecule has 6 nitrogen and oxygen atoms in total. The fourth-order valence-electron chi connectivity index (χ4n) is 2.20. The van der Waals surface area contributed by atoms with E-state index in [1.807, 2.05) is 11.8 Å². The van der Waals surface area contributed by atoms with Gasteiger partial charge in [-0.15, -0.1) is 0 Å². The van der Waals surface area contributed by atoms with Gasteiger partial charge in [0.2, 0.25) is 0 Å². The van der Waals surface area contributed by atoms with Gasteiger partial charge in [-0.2, -0.15) is 0 Å². The highest BCUT2D eigenvalue weighted by molar-refractivity contribution is 5.67. The van der Waals surface area contributed by atoms with Gasteiger partial charge in [-0.1, -0.05) is 0 Å². The van der Waals surface area contributed by atoms with Gasteiger partial charge in [0.15, 0.2) is 0 Å². The lowest BCUT2D eigenvalue weighted by Crippen LogP contribution is -2.46. The molecule has 1 saturated heterocycles. The molecule has 6 heteroatoms. The summed E-state index contributed by atoms with van der Waals surface area (Å²) < 4.78 is 5.32. The fraction of sp³-hybridized carbons (Fsp3) is 0.538. The first-order valence-electron chi connectivity index (χ1n) is 6.25. The summed E-state index contributed by atoms with van der Waals surface area (Å²) in [5.41, 5.74) is 1.41. The predicted molar refractivity (Wildman–Crippen MR) is 67.9 cm³/mol. The highest BCUT2D eigenvalue weighted by Crippen LogP contribution is 2.20. The molecule has 1 aromatic rings. The molecule has 0 spiro atoms. The number of nitrogens with zero attached hydrogens (tertiary/aromatic N) is 2. The Labute approximate surface area is 111 Å².